The van der Waals surface area contributed by atoms with E-state index < -0.39 is 23.5 Å². The molecule has 0 radical (unpaired) electrons. The molecule has 0 bridgehead atoms. The summed E-state index contributed by atoms with van der Waals surface area (Å²) in [5, 5.41) is 9.33. The summed E-state index contributed by atoms with van der Waals surface area (Å²) in [5.74, 6) is 1.51. The third kappa shape index (κ3) is 9.02. The number of aromatic nitrogens is 2. The molecule has 2 unspecified atom stereocenters. The standard InChI is InChI=1S/C17H12F3NO3.C14H8F3NO2.C3H5ClO/c18-17(19,20)11-3-1-2-10(6-11)16-21-14-7-12(4-5-15(14)24-16)22-8-13-9-23-13;15-14(16,17)9-3-1-2-8(6-9)13-18-11-7-10(19)4-5-12(11)20-13;4-1-3-2-5-3/h1-7,13H,8-9H2;1-7,19H;3H,1-2H2. The number of alkyl halides is 7. The number of aromatic hydroxyl groups is 1. The Morgan fingerprint density at radius 1 is 0.694 bits per heavy atom. The molecule has 0 aliphatic carbocycles. The Balaban J connectivity index is 0.000000151. The normalized spacial score (nSPS) is 16.8. The van der Waals surface area contributed by atoms with E-state index in [1.807, 2.05) is 0 Å². The van der Waals surface area contributed by atoms with Crippen molar-refractivity contribution in [1.29, 1.82) is 0 Å². The molecule has 49 heavy (non-hydrogen) atoms. The average Bonchev–Trinajstić information content (AvgIpc) is 4.01. The van der Waals surface area contributed by atoms with Crippen molar-refractivity contribution < 1.29 is 54.5 Å². The van der Waals surface area contributed by atoms with Crippen LogP contribution in [0.25, 0.3) is 45.1 Å². The first-order valence-electron chi connectivity index (χ1n) is 14.6. The number of hydrogen-bond donors (Lipinski definition) is 1. The minimum Gasteiger partial charge on any atom is -0.508 e. The van der Waals surface area contributed by atoms with Crippen LogP contribution >= 0.6 is 11.6 Å². The van der Waals surface area contributed by atoms with Gasteiger partial charge in [0, 0.05) is 23.3 Å². The highest BCUT2D eigenvalue weighted by Crippen LogP contribution is 2.35. The predicted molar refractivity (Wildman–Crippen MR) is 166 cm³/mol. The van der Waals surface area contributed by atoms with Crippen LogP contribution < -0.4 is 4.74 Å². The van der Waals surface area contributed by atoms with E-state index in [1.165, 1.54) is 42.5 Å². The summed E-state index contributed by atoms with van der Waals surface area (Å²) in [6, 6.07) is 19.1. The zero-order valence-corrected chi connectivity index (χ0v) is 25.9. The van der Waals surface area contributed by atoms with Gasteiger partial charge in [-0.1, -0.05) is 12.1 Å². The van der Waals surface area contributed by atoms with Gasteiger partial charge in [-0.2, -0.15) is 26.3 Å². The van der Waals surface area contributed by atoms with Gasteiger partial charge in [0.05, 0.1) is 36.3 Å². The van der Waals surface area contributed by atoms with E-state index in [2.05, 4.69) is 9.97 Å². The van der Waals surface area contributed by atoms with Crippen molar-refractivity contribution in [2.75, 3.05) is 25.7 Å². The lowest BCUT2D eigenvalue weighted by Crippen LogP contribution is -2.04. The summed E-state index contributed by atoms with van der Waals surface area (Å²) >= 11 is 5.27. The molecule has 2 fully saturated rings. The monoisotopic (exact) mass is 706 g/mol. The van der Waals surface area contributed by atoms with Crippen LogP contribution in [0.3, 0.4) is 0 Å². The van der Waals surface area contributed by atoms with Crippen LogP contribution in [0.2, 0.25) is 0 Å². The van der Waals surface area contributed by atoms with Gasteiger partial charge in [0.2, 0.25) is 11.8 Å². The van der Waals surface area contributed by atoms with Gasteiger partial charge in [0.1, 0.15) is 35.2 Å². The van der Waals surface area contributed by atoms with Crippen molar-refractivity contribution in [2.24, 2.45) is 0 Å². The highest BCUT2D eigenvalue weighted by molar-refractivity contribution is 6.18. The molecule has 4 aromatic carbocycles. The van der Waals surface area contributed by atoms with E-state index in [4.69, 9.17) is 34.6 Å². The van der Waals surface area contributed by atoms with Crippen LogP contribution in [0.15, 0.2) is 93.8 Å². The molecule has 2 saturated heterocycles. The minimum atomic E-state index is -4.42. The average molecular weight is 707 g/mol. The maximum Gasteiger partial charge on any atom is 0.416 e. The first kappa shape index (κ1) is 34.1. The summed E-state index contributed by atoms with van der Waals surface area (Å²) < 4.78 is 103. The number of ether oxygens (including phenoxy) is 3. The Hall–Kier alpha value is -4.79. The number of phenols is 1. The molecule has 0 saturated carbocycles. The maximum atomic E-state index is 12.8. The van der Waals surface area contributed by atoms with Crippen molar-refractivity contribution >= 4 is 33.8 Å². The van der Waals surface area contributed by atoms with Crippen molar-refractivity contribution in [3.8, 4) is 34.4 Å². The van der Waals surface area contributed by atoms with Gasteiger partial charge >= 0.3 is 12.4 Å². The van der Waals surface area contributed by atoms with E-state index in [-0.39, 0.29) is 34.8 Å². The molecule has 2 aliphatic rings. The number of benzene rings is 4. The van der Waals surface area contributed by atoms with Gasteiger partial charge in [-0.15, -0.1) is 11.6 Å². The van der Waals surface area contributed by atoms with Crippen LogP contribution in [0.5, 0.6) is 11.5 Å². The molecule has 2 atom stereocenters. The third-order valence-corrected chi connectivity index (χ3v) is 7.36. The molecule has 0 amide bonds. The largest absolute Gasteiger partial charge is 0.508 e. The third-order valence-electron chi connectivity index (χ3n) is 7.02. The van der Waals surface area contributed by atoms with E-state index in [0.29, 0.717) is 53.1 Å². The molecule has 4 heterocycles. The summed E-state index contributed by atoms with van der Waals surface area (Å²) in [6.07, 6.45) is -8.29. The number of phenolic OH excluding ortho intramolecular Hbond substituents is 1. The SMILES string of the molecule is ClCC1CO1.FC(F)(F)c1cccc(-c2nc3cc(OCC4CO4)ccc3o2)c1.Oc1ccc2oc(-c3cccc(C(F)(F)F)c3)nc2c1. The number of oxazole rings is 2. The lowest BCUT2D eigenvalue weighted by atomic mass is 10.1. The first-order chi connectivity index (χ1) is 23.4. The van der Waals surface area contributed by atoms with E-state index >= 15 is 0 Å². The van der Waals surface area contributed by atoms with Gasteiger partial charge in [0.25, 0.3) is 0 Å². The van der Waals surface area contributed by atoms with Gasteiger partial charge in [-0.3, -0.25) is 0 Å². The molecule has 6 aromatic rings. The number of fused-ring (bicyclic) bond motifs is 2. The van der Waals surface area contributed by atoms with Crippen molar-refractivity contribution in [1.82, 2.24) is 9.97 Å². The smallest absolute Gasteiger partial charge is 0.416 e. The molecule has 0 spiro atoms. The lowest BCUT2D eigenvalue weighted by Gasteiger charge is -2.06. The Morgan fingerprint density at radius 2 is 1.20 bits per heavy atom. The lowest BCUT2D eigenvalue weighted by molar-refractivity contribution is -0.138. The van der Waals surface area contributed by atoms with Crippen molar-refractivity contribution in [3.63, 3.8) is 0 Å². The quantitative estimate of drug-likeness (QED) is 0.104. The Labute approximate surface area is 278 Å². The van der Waals surface area contributed by atoms with Crippen LogP contribution in [-0.4, -0.2) is 53.0 Å². The van der Waals surface area contributed by atoms with E-state index in [9.17, 15) is 31.4 Å². The topological polar surface area (TPSA) is 107 Å². The summed E-state index contributed by atoms with van der Waals surface area (Å²) in [4.78, 5) is 8.34. The van der Waals surface area contributed by atoms with Gasteiger partial charge < -0.3 is 28.2 Å². The second-order valence-electron chi connectivity index (χ2n) is 10.9. The molecule has 15 heteroatoms. The second kappa shape index (κ2) is 14.0. The Morgan fingerprint density at radius 3 is 1.67 bits per heavy atom. The van der Waals surface area contributed by atoms with Gasteiger partial charge in [0.15, 0.2) is 11.2 Å². The second-order valence-corrected chi connectivity index (χ2v) is 11.2. The molecular formula is C34H25ClF6N2O6. The fourth-order valence-corrected chi connectivity index (χ4v) is 4.51. The van der Waals surface area contributed by atoms with Crippen LogP contribution in [0.4, 0.5) is 26.3 Å². The molecule has 256 valence electrons. The number of rotatable bonds is 6. The fourth-order valence-electron chi connectivity index (χ4n) is 4.33. The predicted octanol–water partition coefficient (Wildman–Crippen LogP) is 9.13. The summed E-state index contributed by atoms with van der Waals surface area (Å²) in [7, 11) is 0. The maximum absolute atomic E-state index is 12.8. The number of halogens is 7. The van der Waals surface area contributed by atoms with Gasteiger partial charge in [-0.05, 0) is 60.7 Å². The fraction of sp³-hybridized carbons (Fsp3) is 0.235. The van der Waals surface area contributed by atoms with Gasteiger partial charge in [-0.25, -0.2) is 9.97 Å². The molecule has 2 aliphatic heterocycles. The van der Waals surface area contributed by atoms with Crippen LogP contribution in [0, 0.1) is 0 Å². The van der Waals surface area contributed by atoms with Crippen molar-refractivity contribution in [2.45, 2.75) is 24.6 Å². The minimum absolute atomic E-state index is 0.0152. The first-order valence-corrected chi connectivity index (χ1v) is 15.2. The number of epoxide rings is 2. The van der Waals surface area contributed by atoms with Crippen LogP contribution in [0.1, 0.15) is 11.1 Å². The van der Waals surface area contributed by atoms with Crippen LogP contribution in [-0.2, 0) is 21.8 Å². The summed E-state index contributed by atoms with van der Waals surface area (Å²) in [6.45, 7) is 2.04. The molecular weight excluding hydrogens is 682 g/mol. The summed E-state index contributed by atoms with van der Waals surface area (Å²) in [5.41, 5.74) is 0.794. The van der Waals surface area contributed by atoms with E-state index in [0.717, 1.165) is 30.9 Å². The molecule has 8 nitrogen and oxygen atoms in total. The molecule has 1 N–H and O–H groups in total. The van der Waals surface area contributed by atoms with Crippen molar-refractivity contribution in [3.05, 3.63) is 96.1 Å². The highest BCUT2D eigenvalue weighted by Gasteiger charge is 2.32. The Kier molecular flexibility index (Phi) is 9.72. The highest BCUT2D eigenvalue weighted by atomic mass is 35.5. The number of nitrogens with zero attached hydrogens (tertiary/aromatic N) is 2. The molecule has 8 rings (SSSR count). The van der Waals surface area contributed by atoms with E-state index in [1.54, 1.807) is 18.2 Å². The Bertz CT molecular complexity index is 2050. The molecule has 2 aromatic heterocycles. The zero-order chi connectivity index (χ0) is 34.8. The number of hydrogen-bond acceptors (Lipinski definition) is 8. The zero-order valence-electron chi connectivity index (χ0n) is 25.1.